The molecule has 124 valence electrons. The van der Waals surface area contributed by atoms with Crippen LogP contribution in [0, 0.1) is 11.3 Å². The van der Waals surface area contributed by atoms with Gasteiger partial charge in [0.1, 0.15) is 0 Å². The van der Waals surface area contributed by atoms with E-state index in [2.05, 4.69) is 4.98 Å². The molecule has 3 heterocycles. The molecule has 0 radical (unpaired) electrons. The summed E-state index contributed by atoms with van der Waals surface area (Å²) in [5, 5.41) is 11.5. The smallest absolute Gasteiger partial charge is 0.311 e. The van der Waals surface area contributed by atoms with Crippen molar-refractivity contribution >= 4 is 22.6 Å². The van der Waals surface area contributed by atoms with E-state index in [1.165, 1.54) is 0 Å². The average Bonchev–Trinajstić information content (AvgIpc) is 3.02. The van der Waals surface area contributed by atoms with Gasteiger partial charge in [0.25, 0.3) is 5.91 Å². The molecule has 24 heavy (non-hydrogen) atoms. The molecule has 1 N–H and O–H groups in total. The average molecular weight is 326 g/mol. The van der Waals surface area contributed by atoms with Gasteiger partial charge in [0.05, 0.1) is 17.6 Å². The van der Waals surface area contributed by atoms with Crippen molar-refractivity contribution in [3.8, 4) is 0 Å². The van der Waals surface area contributed by atoms with Crippen molar-refractivity contribution < 1.29 is 19.4 Å². The van der Waals surface area contributed by atoms with Crippen molar-refractivity contribution in [3.05, 3.63) is 42.2 Å². The van der Waals surface area contributed by atoms with Crippen molar-refractivity contribution in [2.45, 2.75) is 6.42 Å². The van der Waals surface area contributed by atoms with E-state index < -0.39 is 11.4 Å². The van der Waals surface area contributed by atoms with E-state index in [0.29, 0.717) is 31.7 Å². The topological polar surface area (TPSA) is 79.7 Å². The van der Waals surface area contributed by atoms with Gasteiger partial charge >= 0.3 is 5.97 Å². The molecule has 2 fully saturated rings. The van der Waals surface area contributed by atoms with Crippen molar-refractivity contribution in [1.82, 2.24) is 9.88 Å². The van der Waals surface area contributed by atoms with Crippen LogP contribution >= 0.6 is 0 Å². The van der Waals surface area contributed by atoms with Gasteiger partial charge in [0.15, 0.2) is 0 Å². The van der Waals surface area contributed by atoms with Crippen LogP contribution in [0.15, 0.2) is 36.7 Å². The molecular weight excluding hydrogens is 308 g/mol. The molecule has 0 unspecified atom stereocenters. The molecule has 6 heteroatoms. The van der Waals surface area contributed by atoms with Crippen LogP contribution in [0.1, 0.15) is 16.8 Å². The van der Waals surface area contributed by atoms with E-state index in [-0.39, 0.29) is 18.4 Å². The number of rotatable bonds is 2. The summed E-state index contributed by atoms with van der Waals surface area (Å²) < 4.78 is 5.45. The minimum absolute atomic E-state index is 0.157. The van der Waals surface area contributed by atoms with Gasteiger partial charge in [-0.3, -0.25) is 14.6 Å². The molecule has 0 saturated carbocycles. The first-order chi connectivity index (χ1) is 11.6. The Balaban J connectivity index is 1.69. The normalized spacial score (nSPS) is 26.3. The fourth-order valence-electron chi connectivity index (χ4n) is 3.91. The molecule has 2 aliphatic heterocycles. The molecule has 0 bridgehead atoms. The zero-order valence-electron chi connectivity index (χ0n) is 13.1. The number of hydrogen-bond donors (Lipinski definition) is 1. The molecule has 2 atom stereocenters. The van der Waals surface area contributed by atoms with E-state index in [4.69, 9.17) is 4.74 Å². The Labute approximate surface area is 139 Å². The Kier molecular flexibility index (Phi) is 3.49. The fourth-order valence-corrected chi connectivity index (χ4v) is 3.91. The van der Waals surface area contributed by atoms with Crippen LogP contribution in [-0.4, -0.2) is 53.2 Å². The van der Waals surface area contributed by atoms with Crippen LogP contribution in [0.25, 0.3) is 10.8 Å². The highest BCUT2D eigenvalue weighted by molar-refractivity contribution is 6.06. The summed E-state index contributed by atoms with van der Waals surface area (Å²) in [6.07, 6.45) is 3.74. The highest BCUT2D eigenvalue weighted by Gasteiger charge is 2.55. The molecule has 1 amide bonds. The minimum atomic E-state index is -0.883. The number of nitrogens with zero attached hydrogens (tertiary/aromatic N) is 2. The third-order valence-corrected chi connectivity index (χ3v) is 5.32. The quantitative estimate of drug-likeness (QED) is 0.910. The van der Waals surface area contributed by atoms with E-state index in [1.54, 1.807) is 17.3 Å². The summed E-state index contributed by atoms with van der Waals surface area (Å²) in [4.78, 5) is 30.7. The van der Waals surface area contributed by atoms with Crippen LogP contribution in [0.3, 0.4) is 0 Å². The van der Waals surface area contributed by atoms with Gasteiger partial charge in [0.2, 0.25) is 0 Å². The van der Waals surface area contributed by atoms with Crippen LogP contribution < -0.4 is 0 Å². The number of carboxylic acid groups (broad SMARTS) is 1. The van der Waals surface area contributed by atoms with Gasteiger partial charge in [0, 0.05) is 43.4 Å². The lowest BCUT2D eigenvalue weighted by Gasteiger charge is -2.33. The Bertz CT molecular complexity index is 816. The molecule has 2 aromatic rings. The predicted molar refractivity (Wildman–Crippen MR) is 86.6 cm³/mol. The molecule has 0 aliphatic carbocycles. The maximum Gasteiger partial charge on any atom is 0.311 e. The van der Waals surface area contributed by atoms with Gasteiger partial charge in [-0.05, 0) is 11.8 Å². The first-order valence-corrected chi connectivity index (χ1v) is 8.05. The fraction of sp³-hybridized carbons (Fsp3) is 0.389. The number of likely N-dealkylation sites (tertiary alicyclic amines) is 1. The number of amides is 1. The number of ether oxygens (including phenoxy) is 1. The molecule has 2 saturated heterocycles. The molecule has 6 nitrogen and oxygen atoms in total. The molecular formula is C18H18N2O4. The Morgan fingerprint density at radius 1 is 1.29 bits per heavy atom. The lowest BCUT2D eigenvalue weighted by molar-refractivity contribution is -0.157. The van der Waals surface area contributed by atoms with Gasteiger partial charge in [-0.25, -0.2) is 0 Å². The van der Waals surface area contributed by atoms with Gasteiger partial charge in [-0.1, -0.05) is 24.3 Å². The zero-order valence-corrected chi connectivity index (χ0v) is 13.1. The molecule has 2 aliphatic rings. The van der Waals surface area contributed by atoms with E-state index in [9.17, 15) is 14.7 Å². The lowest BCUT2D eigenvalue weighted by atomic mass is 9.74. The third kappa shape index (κ3) is 2.17. The number of carbonyl (C=O) groups excluding carboxylic acids is 1. The first-order valence-electron chi connectivity index (χ1n) is 8.05. The predicted octanol–water partition coefficient (Wildman–Crippen LogP) is 1.80. The number of pyridine rings is 1. The van der Waals surface area contributed by atoms with Crippen molar-refractivity contribution in [3.63, 3.8) is 0 Å². The van der Waals surface area contributed by atoms with E-state index >= 15 is 0 Å². The van der Waals surface area contributed by atoms with Gasteiger partial charge < -0.3 is 14.7 Å². The SMILES string of the molecule is O=C(c1cncc2ccccc12)N1C[C@H]2COCC[C@@]2(C(=O)O)C1. The standard InChI is InChI=1S/C18H18N2O4/c21-16(15-8-19-7-12-3-1-2-4-14(12)15)20-9-13-10-24-6-5-18(13,11-20)17(22)23/h1-4,7-8,13H,5-6,9-11H2,(H,22,23)/t13-,18+/m0/s1. The number of aromatic nitrogens is 1. The summed E-state index contributed by atoms with van der Waals surface area (Å²) in [6, 6.07) is 7.59. The van der Waals surface area contributed by atoms with E-state index in [0.717, 1.165) is 10.8 Å². The van der Waals surface area contributed by atoms with Crippen molar-refractivity contribution in [2.24, 2.45) is 11.3 Å². The summed E-state index contributed by atoms with van der Waals surface area (Å²) in [7, 11) is 0. The largest absolute Gasteiger partial charge is 0.481 e. The van der Waals surface area contributed by atoms with Gasteiger partial charge in [-0.15, -0.1) is 0 Å². The van der Waals surface area contributed by atoms with Crippen LogP contribution in [0.5, 0.6) is 0 Å². The monoisotopic (exact) mass is 326 g/mol. The number of benzene rings is 1. The maximum absolute atomic E-state index is 13.0. The summed E-state index contributed by atoms with van der Waals surface area (Å²) >= 11 is 0. The van der Waals surface area contributed by atoms with Crippen LogP contribution in [0.4, 0.5) is 0 Å². The zero-order chi connectivity index (χ0) is 16.7. The molecule has 1 aromatic carbocycles. The van der Waals surface area contributed by atoms with Crippen molar-refractivity contribution in [2.75, 3.05) is 26.3 Å². The highest BCUT2D eigenvalue weighted by Crippen LogP contribution is 2.43. The second-order valence-electron chi connectivity index (χ2n) is 6.58. The number of fused-ring (bicyclic) bond motifs is 2. The number of hydrogen-bond acceptors (Lipinski definition) is 4. The van der Waals surface area contributed by atoms with Gasteiger partial charge in [-0.2, -0.15) is 0 Å². The van der Waals surface area contributed by atoms with Crippen molar-refractivity contribution in [1.29, 1.82) is 0 Å². The van der Waals surface area contributed by atoms with Crippen LogP contribution in [0.2, 0.25) is 0 Å². The number of aliphatic carboxylic acids is 1. The Morgan fingerprint density at radius 3 is 2.92 bits per heavy atom. The van der Waals surface area contributed by atoms with E-state index in [1.807, 2.05) is 24.3 Å². The van der Waals surface area contributed by atoms with Crippen LogP contribution in [-0.2, 0) is 9.53 Å². The number of carboxylic acids is 1. The molecule has 4 rings (SSSR count). The highest BCUT2D eigenvalue weighted by atomic mass is 16.5. The Morgan fingerprint density at radius 2 is 2.12 bits per heavy atom. The summed E-state index contributed by atoms with van der Waals surface area (Å²) in [5.41, 5.74) is -0.362. The summed E-state index contributed by atoms with van der Waals surface area (Å²) in [5.74, 6) is -1.15. The first kappa shape index (κ1) is 15.1. The maximum atomic E-state index is 13.0. The second-order valence-corrected chi connectivity index (χ2v) is 6.58. The molecule has 0 spiro atoms. The third-order valence-electron chi connectivity index (χ3n) is 5.32. The summed E-state index contributed by atoms with van der Waals surface area (Å²) in [6.45, 7) is 1.47. The molecule has 1 aromatic heterocycles. The lowest BCUT2D eigenvalue weighted by Crippen LogP contribution is -2.45. The second kappa shape index (κ2) is 5.56. The number of carbonyl (C=O) groups is 2. The minimum Gasteiger partial charge on any atom is -0.481 e. The Hall–Kier alpha value is -2.47.